The van der Waals surface area contributed by atoms with E-state index in [0.29, 0.717) is 31.8 Å². The van der Waals surface area contributed by atoms with Gasteiger partial charge in [0.25, 0.3) is 0 Å². The molecule has 0 aliphatic carbocycles. The molecule has 1 aromatic carbocycles. The predicted molar refractivity (Wildman–Crippen MR) is 159 cm³/mol. The maximum atomic E-state index is 13.9. The van der Waals surface area contributed by atoms with Gasteiger partial charge in [0.15, 0.2) is 11.5 Å². The number of nitrogens with one attached hydrogen (secondary N) is 3. The molecular formula is C30H37N9O4. The molecule has 6 rings (SSSR count). The third kappa shape index (κ3) is 6.40. The van der Waals surface area contributed by atoms with E-state index in [1.165, 1.54) is 0 Å². The molecule has 1 fully saturated rings. The van der Waals surface area contributed by atoms with Crippen molar-refractivity contribution in [2.45, 2.75) is 70.7 Å². The number of aromatic amines is 2. The van der Waals surface area contributed by atoms with Crippen LogP contribution in [0.4, 0.5) is 10.6 Å². The van der Waals surface area contributed by atoms with Crippen LogP contribution in [0.3, 0.4) is 0 Å². The van der Waals surface area contributed by atoms with Crippen LogP contribution < -0.4 is 15.0 Å². The molecule has 2 unspecified atom stereocenters. The van der Waals surface area contributed by atoms with Gasteiger partial charge >= 0.3 is 6.09 Å². The van der Waals surface area contributed by atoms with E-state index >= 15 is 0 Å². The topological polar surface area (TPSA) is 154 Å². The van der Waals surface area contributed by atoms with Crippen LogP contribution in [-0.2, 0) is 28.9 Å². The first-order valence-corrected chi connectivity index (χ1v) is 14.6. The van der Waals surface area contributed by atoms with Crippen LogP contribution in [0.2, 0.25) is 0 Å². The van der Waals surface area contributed by atoms with E-state index in [1.807, 2.05) is 12.1 Å². The van der Waals surface area contributed by atoms with E-state index in [0.717, 1.165) is 53.3 Å². The van der Waals surface area contributed by atoms with Crippen LogP contribution >= 0.6 is 0 Å². The first-order chi connectivity index (χ1) is 20.7. The molecule has 2 aliphatic heterocycles. The van der Waals surface area contributed by atoms with Crippen molar-refractivity contribution in [2.24, 2.45) is 0 Å². The number of carbonyl (C=O) groups is 2. The van der Waals surface area contributed by atoms with E-state index < -0.39 is 17.7 Å². The second-order valence-corrected chi connectivity index (χ2v) is 12.0. The Labute approximate surface area is 249 Å². The highest BCUT2D eigenvalue weighted by Crippen LogP contribution is 2.32. The molecule has 1 saturated heterocycles. The lowest BCUT2D eigenvalue weighted by atomic mass is 9.97. The number of alkyl carbamates (subject to hydrolysis) is 1. The lowest BCUT2D eigenvalue weighted by Gasteiger charge is -2.33. The number of nitrogens with zero attached hydrogens (tertiary/aromatic N) is 6. The molecule has 3 aromatic heterocycles. The number of imidazole rings is 2. The molecule has 0 spiro atoms. The van der Waals surface area contributed by atoms with Crippen molar-refractivity contribution in [3.05, 3.63) is 60.2 Å². The van der Waals surface area contributed by atoms with Crippen molar-refractivity contribution in [1.82, 2.24) is 40.1 Å². The Bertz CT molecular complexity index is 1580. The molecule has 3 N–H and O–H groups in total. The van der Waals surface area contributed by atoms with Gasteiger partial charge in [0.05, 0.1) is 18.7 Å². The zero-order valence-corrected chi connectivity index (χ0v) is 24.7. The monoisotopic (exact) mass is 587 g/mol. The van der Waals surface area contributed by atoms with E-state index in [-0.39, 0.29) is 18.4 Å². The number of ether oxygens (including phenoxy) is 2. The Morgan fingerprint density at radius 1 is 1.14 bits per heavy atom. The number of aromatic nitrogens is 6. The maximum Gasteiger partial charge on any atom is 0.408 e. The molecule has 0 bridgehead atoms. The smallest absolute Gasteiger partial charge is 0.408 e. The van der Waals surface area contributed by atoms with Gasteiger partial charge in [-0.1, -0.05) is 12.1 Å². The minimum atomic E-state index is -0.816. The summed E-state index contributed by atoms with van der Waals surface area (Å²) in [6.45, 7) is 7.64. The van der Waals surface area contributed by atoms with Gasteiger partial charge in [-0.25, -0.2) is 24.7 Å². The van der Waals surface area contributed by atoms with Gasteiger partial charge in [-0.3, -0.25) is 4.79 Å². The molecule has 2 aliphatic rings. The van der Waals surface area contributed by atoms with Crippen molar-refractivity contribution >= 4 is 29.0 Å². The number of carbonyl (C=O) groups excluding carboxylic acids is 2. The average molecular weight is 588 g/mol. The summed E-state index contributed by atoms with van der Waals surface area (Å²) in [5.41, 5.74) is 3.67. The molecule has 13 heteroatoms. The van der Waals surface area contributed by atoms with E-state index in [9.17, 15) is 9.59 Å². The van der Waals surface area contributed by atoms with Gasteiger partial charge in [-0.2, -0.15) is 0 Å². The van der Waals surface area contributed by atoms with Crippen LogP contribution in [-0.4, -0.2) is 84.2 Å². The number of hydrogen-bond donors (Lipinski definition) is 3. The summed E-state index contributed by atoms with van der Waals surface area (Å²) in [6, 6.07) is 5.37. The quantitative estimate of drug-likeness (QED) is 0.282. The van der Waals surface area contributed by atoms with Crippen LogP contribution in [0.15, 0.2) is 43.4 Å². The van der Waals surface area contributed by atoms with Crippen molar-refractivity contribution in [3.63, 3.8) is 0 Å². The molecule has 5 heterocycles. The van der Waals surface area contributed by atoms with Gasteiger partial charge in [0.1, 0.15) is 35.8 Å². The lowest BCUT2D eigenvalue weighted by Crippen LogP contribution is -2.51. The summed E-state index contributed by atoms with van der Waals surface area (Å²) in [4.78, 5) is 53.9. The summed E-state index contributed by atoms with van der Waals surface area (Å²) in [7, 11) is 0. The maximum absolute atomic E-state index is 13.9. The van der Waals surface area contributed by atoms with Crippen LogP contribution in [0.5, 0.6) is 5.75 Å². The minimum Gasteiger partial charge on any atom is -0.491 e. The Hall–Kier alpha value is -4.68. The summed E-state index contributed by atoms with van der Waals surface area (Å²) in [6.07, 6.45) is 8.72. The summed E-state index contributed by atoms with van der Waals surface area (Å²) < 4.78 is 11.9. The second-order valence-electron chi connectivity index (χ2n) is 12.0. The fraction of sp³-hybridized carbons (Fsp3) is 0.467. The van der Waals surface area contributed by atoms with Crippen molar-refractivity contribution in [2.75, 3.05) is 24.6 Å². The number of hydrogen-bond acceptors (Lipinski definition) is 9. The van der Waals surface area contributed by atoms with Crippen LogP contribution in [0, 0.1) is 0 Å². The molecule has 2 amide bonds. The fourth-order valence-corrected chi connectivity index (χ4v) is 5.80. The molecule has 226 valence electrons. The highest BCUT2D eigenvalue weighted by molar-refractivity contribution is 5.86. The van der Waals surface area contributed by atoms with Crippen LogP contribution in [0.1, 0.15) is 50.4 Å². The van der Waals surface area contributed by atoms with Crippen LogP contribution in [0.25, 0.3) is 11.2 Å². The molecule has 0 radical (unpaired) electrons. The number of amides is 2. The van der Waals surface area contributed by atoms with Crippen molar-refractivity contribution in [3.8, 4) is 5.75 Å². The fourth-order valence-electron chi connectivity index (χ4n) is 5.80. The molecule has 4 aromatic rings. The molecule has 43 heavy (non-hydrogen) atoms. The van der Waals surface area contributed by atoms with E-state index in [2.05, 4.69) is 46.2 Å². The third-order valence-electron chi connectivity index (χ3n) is 7.79. The second kappa shape index (κ2) is 11.9. The molecular weight excluding hydrogens is 550 g/mol. The predicted octanol–water partition coefficient (Wildman–Crippen LogP) is 3.14. The number of rotatable bonds is 8. The first kappa shape index (κ1) is 28.4. The van der Waals surface area contributed by atoms with Crippen molar-refractivity contribution in [1.29, 1.82) is 0 Å². The number of fused-ring (bicyclic) bond motifs is 2. The van der Waals surface area contributed by atoms with Gasteiger partial charge in [-0.15, -0.1) is 0 Å². The Kier molecular flexibility index (Phi) is 7.87. The normalized spacial score (nSPS) is 17.5. The number of benzene rings is 1. The van der Waals surface area contributed by atoms with Crippen molar-refractivity contribution < 1.29 is 19.1 Å². The highest BCUT2D eigenvalue weighted by atomic mass is 16.6. The lowest BCUT2D eigenvalue weighted by molar-refractivity contribution is -0.134. The minimum absolute atomic E-state index is 0.135. The summed E-state index contributed by atoms with van der Waals surface area (Å²) in [5.74, 6) is 1.41. The zero-order chi connectivity index (χ0) is 30.0. The van der Waals surface area contributed by atoms with Gasteiger partial charge in [-0.05, 0) is 51.7 Å². The van der Waals surface area contributed by atoms with E-state index in [1.54, 1.807) is 50.8 Å². The Balaban J connectivity index is 1.16. The van der Waals surface area contributed by atoms with Gasteiger partial charge in [0, 0.05) is 43.5 Å². The highest BCUT2D eigenvalue weighted by Gasteiger charge is 2.33. The third-order valence-corrected chi connectivity index (χ3v) is 7.79. The summed E-state index contributed by atoms with van der Waals surface area (Å²) >= 11 is 0. The molecule has 13 nitrogen and oxygen atoms in total. The molecule has 2 atom stereocenters. The number of anilines is 1. The Morgan fingerprint density at radius 3 is 2.84 bits per heavy atom. The summed E-state index contributed by atoms with van der Waals surface area (Å²) in [5, 5.41) is 2.79. The largest absolute Gasteiger partial charge is 0.491 e. The number of H-pyrrole nitrogens is 2. The Morgan fingerprint density at radius 2 is 2.02 bits per heavy atom. The van der Waals surface area contributed by atoms with Gasteiger partial charge in [0.2, 0.25) is 5.91 Å². The zero-order valence-electron chi connectivity index (χ0n) is 24.7. The van der Waals surface area contributed by atoms with Gasteiger partial charge < -0.3 is 34.6 Å². The molecule has 0 saturated carbocycles. The van der Waals surface area contributed by atoms with E-state index in [4.69, 9.17) is 9.47 Å². The SMILES string of the molecule is CC(C)(C)OC(=O)NC(Cc1cnc[nH]1)C(=O)N1CCc2cccc(OCC3CCCN3c3ncnc4nc[nH]c34)c2C1. The average Bonchev–Trinajstić information content (AvgIpc) is 3.76. The first-order valence-electron chi connectivity index (χ1n) is 14.6. The standard InChI is InChI=1S/C30H37N9O4/c1-30(2,3)43-29(41)37-23(12-20-13-31-16-32-20)28(40)38-11-9-19-6-4-8-24(22(19)14-38)42-15-21-7-5-10-39(21)27-25-26(34-17-33-25)35-18-36-27/h4,6,8,13,16-18,21,23H,5,7,9-12,14-15H2,1-3H3,(H,31,32)(H,37,41)(H,33,34,35,36).